The van der Waals surface area contributed by atoms with Gasteiger partial charge < -0.3 is 33.8 Å². The highest BCUT2D eigenvalue weighted by atomic mass is 31.2. The molecule has 0 aromatic carbocycles. The Bertz CT molecular complexity index is 2680. The molecule has 0 rings (SSSR count). The van der Waals surface area contributed by atoms with Crippen LogP contribution in [0.3, 0.4) is 0 Å². The van der Waals surface area contributed by atoms with Crippen LogP contribution in [-0.4, -0.2) is 96.7 Å². The minimum absolute atomic E-state index is 0.00721. The molecule has 0 spiro atoms. The quantitative estimate of drug-likeness (QED) is 0.0169. The van der Waals surface area contributed by atoms with Gasteiger partial charge in [-0.2, -0.15) is 0 Å². The number of hydrogen-bond acceptors (Lipinski definition) is 15. The van der Waals surface area contributed by atoms with E-state index >= 15 is 0 Å². The summed E-state index contributed by atoms with van der Waals surface area (Å²) in [6.07, 6.45) is 92.0. The number of rotatable bonds is 74. The van der Waals surface area contributed by atoms with Crippen molar-refractivity contribution in [1.29, 1.82) is 0 Å². The number of phosphoric acid groups is 2. The van der Waals surface area contributed by atoms with E-state index in [1.807, 2.05) is 12.2 Å². The Kier molecular flexibility index (Phi) is 73.5. The first-order valence-electron chi connectivity index (χ1n) is 40.4. The Morgan fingerprint density at radius 2 is 0.500 bits per heavy atom. The SMILES string of the molecule is CC/C=C\C/C=C\C/C=C\C/C=C\C/C=C\CCCC(=O)OC(COC(=O)CCCCCCCC/C=C\C/C=C\C/C=C\C/C=C\CC)COP(=O)(O)OCC(O)COP(=O)(O)OCC(COC(=O)CCCCCCCC/C=C\C/C=C\C/C=C\C/C=C\CC)OC(=O)CCCCCCC/C=C\CCCC. The van der Waals surface area contributed by atoms with Gasteiger partial charge in [-0.25, -0.2) is 9.13 Å². The molecule has 5 unspecified atom stereocenters. The van der Waals surface area contributed by atoms with E-state index in [1.165, 1.54) is 12.8 Å². The summed E-state index contributed by atoms with van der Waals surface area (Å²) < 4.78 is 68.5. The minimum Gasteiger partial charge on any atom is -0.462 e. The summed E-state index contributed by atoms with van der Waals surface area (Å²) in [7, 11) is -10.00. The summed E-state index contributed by atoms with van der Waals surface area (Å²) in [6.45, 7) is 4.38. The third-order valence-corrected chi connectivity index (χ3v) is 18.1. The van der Waals surface area contributed by atoms with Crippen molar-refractivity contribution >= 4 is 39.5 Å². The van der Waals surface area contributed by atoms with E-state index in [0.29, 0.717) is 32.1 Å². The van der Waals surface area contributed by atoms with Gasteiger partial charge in [0.2, 0.25) is 0 Å². The zero-order valence-corrected chi connectivity index (χ0v) is 67.6. The van der Waals surface area contributed by atoms with E-state index in [9.17, 15) is 43.2 Å². The Morgan fingerprint density at radius 3 is 0.802 bits per heavy atom. The molecule has 602 valence electrons. The first kappa shape index (κ1) is 100. The number of phosphoric ester groups is 2. The second kappa shape index (κ2) is 77.6. The molecule has 0 aliphatic heterocycles. The third kappa shape index (κ3) is 76.6. The molecule has 5 atom stereocenters. The van der Waals surface area contributed by atoms with Crippen LogP contribution in [-0.2, 0) is 65.4 Å². The fraction of sp³-hybridized carbons (Fsp3) is 0.632. The van der Waals surface area contributed by atoms with Gasteiger partial charge in [0.25, 0.3) is 0 Å². The zero-order valence-electron chi connectivity index (χ0n) is 65.8. The van der Waals surface area contributed by atoms with Crippen LogP contribution < -0.4 is 0 Å². The molecule has 106 heavy (non-hydrogen) atoms. The lowest BCUT2D eigenvalue weighted by atomic mass is 10.1. The van der Waals surface area contributed by atoms with Crippen LogP contribution >= 0.6 is 15.6 Å². The monoisotopic (exact) mass is 1520 g/mol. The summed E-state index contributed by atoms with van der Waals surface area (Å²) in [5, 5.41) is 10.6. The van der Waals surface area contributed by atoms with Gasteiger partial charge in [0, 0.05) is 25.7 Å². The number of aliphatic hydroxyl groups is 1. The number of hydrogen-bond donors (Lipinski definition) is 3. The van der Waals surface area contributed by atoms with Crippen LogP contribution in [0.25, 0.3) is 0 Å². The minimum atomic E-state index is -5.01. The second-order valence-electron chi connectivity index (χ2n) is 26.2. The number of unbranched alkanes of at least 4 members (excludes halogenated alkanes) is 20. The van der Waals surface area contributed by atoms with Crippen molar-refractivity contribution in [3.05, 3.63) is 170 Å². The topological polar surface area (TPSA) is 237 Å². The summed E-state index contributed by atoms with van der Waals surface area (Å²) in [6, 6.07) is 0. The highest BCUT2D eigenvalue weighted by molar-refractivity contribution is 7.47. The van der Waals surface area contributed by atoms with Crippen molar-refractivity contribution in [3.8, 4) is 0 Å². The number of allylic oxidation sites excluding steroid dienone is 28. The maximum absolute atomic E-state index is 13.1. The second-order valence-corrected chi connectivity index (χ2v) is 29.1. The predicted octanol–water partition coefficient (Wildman–Crippen LogP) is 23.8. The van der Waals surface area contributed by atoms with Crippen LogP contribution in [0.4, 0.5) is 0 Å². The van der Waals surface area contributed by atoms with Crippen molar-refractivity contribution in [2.75, 3.05) is 39.6 Å². The first-order valence-corrected chi connectivity index (χ1v) is 43.4. The molecular weight excluding hydrogens is 1380 g/mol. The molecule has 0 saturated carbocycles. The van der Waals surface area contributed by atoms with Crippen LogP contribution in [0.2, 0.25) is 0 Å². The zero-order chi connectivity index (χ0) is 77.4. The molecule has 0 aromatic heterocycles. The average molecular weight is 1520 g/mol. The molecule has 0 aliphatic rings. The van der Waals surface area contributed by atoms with Gasteiger partial charge in [-0.15, -0.1) is 0 Å². The van der Waals surface area contributed by atoms with Crippen LogP contribution in [0.1, 0.15) is 297 Å². The molecule has 19 heteroatoms. The Morgan fingerprint density at radius 1 is 0.274 bits per heavy atom. The maximum atomic E-state index is 13.1. The van der Waals surface area contributed by atoms with Gasteiger partial charge in [0.15, 0.2) is 12.2 Å². The fourth-order valence-electron chi connectivity index (χ4n) is 10.1. The molecular formula is C87H142O17P2. The number of aliphatic hydroxyl groups excluding tert-OH is 1. The van der Waals surface area contributed by atoms with E-state index in [1.54, 1.807) is 0 Å². The molecule has 0 bridgehead atoms. The molecule has 0 aromatic rings. The van der Waals surface area contributed by atoms with Gasteiger partial charge in [-0.05, 0) is 161 Å². The highest BCUT2D eigenvalue weighted by Crippen LogP contribution is 2.45. The van der Waals surface area contributed by atoms with Crippen LogP contribution in [0, 0.1) is 0 Å². The van der Waals surface area contributed by atoms with Crippen molar-refractivity contribution < 1.29 is 80.2 Å². The number of carbonyl (C=O) groups excluding carboxylic acids is 4. The van der Waals surface area contributed by atoms with Crippen LogP contribution in [0.5, 0.6) is 0 Å². The van der Waals surface area contributed by atoms with E-state index < -0.39 is 97.5 Å². The van der Waals surface area contributed by atoms with Crippen LogP contribution in [0.15, 0.2) is 170 Å². The largest absolute Gasteiger partial charge is 0.472 e. The fourth-order valence-corrected chi connectivity index (χ4v) is 11.7. The van der Waals surface area contributed by atoms with Gasteiger partial charge >= 0.3 is 39.5 Å². The van der Waals surface area contributed by atoms with E-state index in [2.05, 4.69) is 186 Å². The van der Waals surface area contributed by atoms with Crippen molar-refractivity contribution in [2.24, 2.45) is 0 Å². The first-order chi connectivity index (χ1) is 51.7. The number of ether oxygens (including phenoxy) is 4. The Balaban J connectivity index is 5.41. The van der Waals surface area contributed by atoms with E-state index in [-0.39, 0.29) is 25.7 Å². The molecule has 0 saturated heterocycles. The van der Waals surface area contributed by atoms with Gasteiger partial charge in [-0.3, -0.25) is 37.3 Å². The maximum Gasteiger partial charge on any atom is 0.472 e. The number of carbonyl (C=O) groups is 4. The summed E-state index contributed by atoms with van der Waals surface area (Å²) >= 11 is 0. The third-order valence-electron chi connectivity index (χ3n) is 16.2. The summed E-state index contributed by atoms with van der Waals surface area (Å²) in [5.41, 5.74) is 0. The Hall–Kier alpha value is -5.58. The normalized spacial score (nSPS) is 14.7. The lowest BCUT2D eigenvalue weighted by Crippen LogP contribution is -2.30. The van der Waals surface area contributed by atoms with Crippen molar-refractivity contribution in [2.45, 2.75) is 316 Å². The smallest absolute Gasteiger partial charge is 0.462 e. The Labute approximate surface area is 642 Å². The molecule has 0 radical (unpaired) electrons. The molecule has 0 fully saturated rings. The van der Waals surface area contributed by atoms with Gasteiger partial charge in [0.05, 0.1) is 26.4 Å². The highest BCUT2D eigenvalue weighted by Gasteiger charge is 2.30. The van der Waals surface area contributed by atoms with Crippen molar-refractivity contribution in [1.82, 2.24) is 0 Å². The van der Waals surface area contributed by atoms with Gasteiger partial charge in [0.1, 0.15) is 19.3 Å². The summed E-state index contributed by atoms with van der Waals surface area (Å²) in [4.78, 5) is 73.0. The molecule has 3 N–H and O–H groups in total. The standard InChI is InChI=1S/C87H142O17P2/c1-5-9-13-17-21-25-29-32-35-38-40-43-45-48-52-55-59-63-67-71-84(89)97-77-82(103-86(91)73-69-65-61-57-51-28-24-20-16-12-8-4)79-101-105(93,94)99-75-81(88)76-100-106(95,96)102-80-83(104-87(92)74-70-66-62-58-54-50-47-42-37-34-31-27-23-19-15-11-7-3)78-98-85(90)72-68-64-60-56-53-49-46-44-41-39-36-33-30-26-22-18-14-10-6-2/h9-11,13-15,20-27,32-37,40-41,43-44,47,50,58,62,81-83,88H,5-8,12,16-19,28-31,38-39,42,45-46,48-49,51-57,59-61,63-80H2,1-4H3,(H,93,94)(H,95,96)/b13-9-,14-10-,15-11-,24-20-,25-21-,26-22-,27-23-,35-32-,36-33-,37-34-,43-40-,44-41-,50-47-,62-58-. The lowest BCUT2D eigenvalue weighted by Gasteiger charge is -2.21. The lowest BCUT2D eigenvalue weighted by molar-refractivity contribution is -0.161. The van der Waals surface area contributed by atoms with Crippen molar-refractivity contribution in [3.63, 3.8) is 0 Å². The van der Waals surface area contributed by atoms with E-state index in [4.69, 9.17) is 37.0 Å². The molecule has 0 amide bonds. The van der Waals surface area contributed by atoms with E-state index in [0.717, 1.165) is 199 Å². The molecule has 17 nitrogen and oxygen atoms in total. The molecule has 0 aliphatic carbocycles. The predicted molar refractivity (Wildman–Crippen MR) is 436 cm³/mol. The molecule has 0 heterocycles. The summed E-state index contributed by atoms with van der Waals surface area (Å²) in [5.74, 6) is -2.29. The number of esters is 4. The average Bonchev–Trinajstić information content (AvgIpc) is 0.901. The van der Waals surface area contributed by atoms with Gasteiger partial charge in [-0.1, -0.05) is 281 Å².